The largest absolute Gasteiger partial charge is 0.483 e. The average molecular weight is 754 g/mol. The van der Waals surface area contributed by atoms with E-state index in [0.29, 0.717) is 42.1 Å². The van der Waals surface area contributed by atoms with E-state index in [-0.39, 0.29) is 41.5 Å². The number of rotatable bonds is 5. The maximum atomic E-state index is 14.7. The first-order valence-electron chi connectivity index (χ1n) is 18.6. The number of hydrogen-bond acceptors (Lipinski definition) is 8. The summed E-state index contributed by atoms with van der Waals surface area (Å²) in [5, 5.41) is 7.45. The number of amides is 4. The van der Waals surface area contributed by atoms with Crippen LogP contribution in [0.25, 0.3) is 10.9 Å². The Balaban J connectivity index is 1.36. The van der Waals surface area contributed by atoms with Crippen LogP contribution in [0.2, 0.25) is 5.02 Å². The van der Waals surface area contributed by atoms with Gasteiger partial charge in [-0.2, -0.15) is 0 Å². The van der Waals surface area contributed by atoms with Crippen molar-refractivity contribution in [2.24, 2.45) is 5.92 Å². The zero-order chi connectivity index (χ0) is 37.4. The van der Waals surface area contributed by atoms with Crippen LogP contribution in [-0.2, 0) is 25.5 Å². The Kier molecular flexibility index (Phi) is 11.1. The number of allylic oxidation sites excluding steroid dienone is 1. The fraction of sp³-hybridized carbons (Fsp3) is 0.615. The molecular weight excluding hydrogens is 702 g/mol. The second kappa shape index (κ2) is 15.1. The second-order valence-electron chi connectivity index (χ2n) is 15.8. The molecule has 282 valence electrons. The summed E-state index contributed by atoms with van der Waals surface area (Å²) in [5.41, 5.74) is 0.322. The zero-order valence-electron chi connectivity index (χ0n) is 31.1. The van der Waals surface area contributed by atoms with Gasteiger partial charge in [0.15, 0.2) is 0 Å². The third-order valence-electron chi connectivity index (χ3n) is 11.1. The number of pyridine rings is 1. The number of ether oxygens (including phenoxy) is 2. The molecule has 2 aromatic rings. The van der Waals surface area contributed by atoms with E-state index in [4.69, 9.17) is 26.1 Å². The highest BCUT2D eigenvalue weighted by Crippen LogP contribution is 2.47. The second-order valence-corrected chi connectivity index (χ2v) is 17.6. The lowest BCUT2D eigenvalue weighted by Gasteiger charge is -2.36. The maximum Gasteiger partial charge on any atom is 0.408 e. The summed E-state index contributed by atoms with van der Waals surface area (Å²) in [5.74, 6) is -0.826. The van der Waals surface area contributed by atoms with Crippen molar-refractivity contribution >= 4 is 58.3 Å². The standard InChI is InChI=1S/C39H52ClN5O6S/c1-23(2)50-36(49)42-30-13-11-9-7-8-10-12-24(3)38(6,35(48)44-52-37(5)18-19-37)43-33(46)31-21-39(22-45(31)34(30)47)17-16-27-28-20-26(40)14-15-29(28)41-25(4)32(27)51-39/h10,12,14-15,20,23-24,30-31H,7-9,11,13,16-19,21-22H2,1-6H3,(H,42,49)(H,43,46)(H,44,48)/b12-10-/t24-,30-,31-,38+,39+/m0/s1. The molecule has 13 heteroatoms. The Morgan fingerprint density at radius 1 is 1.15 bits per heavy atom. The molecule has 3 N–H and O–H groups in total. The summed E-state index contributed by atoms with van der Waals surface area (Å²) in [7, 11) is 0. The lowest BCUT2D eigenvalue weighted by molar-refractivity contribution is -0.142. The molecule has 1 aromatic carbocycles. The van der Waals surface area contributed by atoms with Crippen molar-refractivity contribution in [3.63, 3.8) is 0 Å². The van der Waals surface area contributed by atoms with Gasteiger partial charge in [-0.3, -0.25) is 19.1 Å². The summed E-state index contributed by atoms with van der Waals surface area (Å²) in [6.45, 7) is 11.3. The first kappa shape index (κ1) is 38.2. The minimum atomic E-state index is -1.31. The van der Waals surface area contributed by atoms with E-state index in [1.165, 1.54) is 11.9 Å². The molecule has 52 heavy (non-hydrogen) atoms. The minimum Gasteiger partial charge on any atom is -0.483 e. The molecule has 1 saturated heterocycles. The smallest absolute Gasteiger partial charge is 0.408 e. The maximum absolute atomic E-state index is 14.7. The topological polar surface area (TPSA) is 139 Å². The fourth-order valence-electron chi connectivity index (χ4n) is 7.49. The van der Waals surface area contributed by atoms with Crippen molar-refractivity contribution in [1.82, 2.24) is 25.2 Å². The molecule has 5 atom stereocenters. The van der Waals surface area contributed by atoms with Crippen molar-refractivity contribution in [3.8, 4) is 5.75 Å². The van der Waals surface area contributed by atoms with Crippen molar-refractivity contribution in [1.29, 1.82) is 0 Å². The number of carbonyl (C=O) groups is 4. The molecule has 1 saturated carbocycles. The number of nitrogens with one attached hydrogen (secondary N) is 3. The summed E-state index contributed by atoms with van der Waals surface area (Å²) in [4.78, 5) is 62.6. The molecular formula is C39H52ClN5O6S. The quantitative estimate of drug-likeness (QED) is 0.226. The van der Waals surface area contributed by atoms with Crippen LogP contribution in [0.5, 0.6) is 5.75 Å². The van der Waals surface area contributed by atoms with Gasteiger partial charge in [0.1, 0.15) is 29.0 Å². The van der Waals surface area contributed by atoms with Gasteiger partial charge in [-0.1, -0.05) is 43.5 Å². The van der Waals surface area contributed by atoms with Gasteiger partial charge in [-0.15, -0.1) is 0 Å². The van der Waals surface area contributed by atoms with Crippen LogP contribution in [-0.4, -0.2) is 74.3 Å². The number of hydrogen-bond donors (Lipinski definition) is 3. The molecule has 3 aliphatic heterocycles. The summed E-state index contributed by atoms with van der Waals surface area (Å²) < 4.78 is 15.3. The average Bonchev–Trinajstić information content (AvgIpc) is 3.72. The van der Waals surface area contributed by atoms with Crippen LogP contribution in [0.3, 0.4) is 0 Å². The van der Waals surface area contributed by atoms with Gasteiger partial charge in [0, 0.05) is 33.1 Å². The van der Waals surface area contributed by atoms with Gasteiger partial charge < -0.3 is 25.0 Å². The number of fused-ring (bicyclic) bond motifs is 4. The highest BCUT2D eigenvalue weighted by molar-refractivity contribution is 7.99. The van der Waals surface area contributed by atoms with Crippen molar-refractivity contribution in [2.75, 3.05) is 6.54 Å². The van der Waals surface area contributed by atoms with E-state index in [0.717, 1.165) is 48.6 Å². The Hall–Kier alpha value is -3.51. The summed E-state index contributed by atoms with van der Waals surface area (Å²) >= 11 is 7.80. The van der Waals surface area contributed by atoms with E-state index in [2.05, 4.69) is 28.4 Å². The third-order valence-corrected chi connectivity index (χ3v) is 12.6. The van der Waals surface area contributed by atoms with Gasteiger partial charge in [0.05, 0.1) is 23.9 Å². The molecule has 11 nitrogen and oxygen atoms in total. The number of halogens is 1. The van der Waals surface area contributed by atoms with Gasteiger partial charge in [-0.25, -0.2) is 9.78 Å². The molecule has 6 rings (SSSR count). The van der Waals surface area contributed by atoms with E-state index in [1.54, 1.807) is 25.7 Å². The lowest BCUT2D eigenvalue weighted by atomic mass is 9.84. The van der Waals surface area contributed by atoms with Crippen molar-refractivity contribution < 1.29 is 28.7 Å². The Morgan fingerprint density at radius 2 is 1.92 bits per heavy atom. The summed E-state index contributed by atoms with van der Waals surface area (Å²) in [6, 6.07) is 3.73. The SMILES string of the molecule is Cc1nc2ccc(Cl)cc2c2c1O[C@]1(CC2)C[C@H]2C(=O)N[C@@](C)(C(=O)NSC3(C)CC3)[C@@H](C)/C=C\CCCCC[C@H](NC(=O)OC(C)C)C(=O)N2C1. The molecule has 1 aromatic heterocycles. The van der Waals surface area contributed by atoms with Gasteiger partial charge in [-0.05, 0) is 110 Å². The van der Waals surface area contributed by atoms with Gasteiger partial charge >= 0.3 is 6.09 Å². The van der Waals surface area contributed by atoms with Crippen LogP contribution in [0, 0.1) is 12.8 Å². The van der Waals surface area contributed by atoms with Crippen LogP contribution in [0.4, 0.5) is 4.79 Å². The van der Waals surface area contributed by atoms with E-state index < -0.39 is 35.2 Å². The molecule has 4 aliphatic rings. The van der Waals surface area contributed by atoms with Gasteiger partial charge in [0.2, 0.25) is 11.8 Å². The number of benzene rings is 1. The molecule has 0 radical (unpaired) electrons. The monoisotopic (exact) mass is 753 g/mol. The number of alkyl carbamates (subject to hydrolysis) is 1. The molecule has 1 spiro atoms. The summed E-state index contributed by atoms with van der Waals surface area (Å²) in [6.07, 6.45) is 9.99. The molecule has 1 aliphatic carbocycles. The Labute approximate surface area is 315 Å². The van der Waals surface area contributed by atoms with Crippen LogP contribution in [0.15, 0.2) is 30.4 Å². The van der Waals surface area contributed by atoms with Crippen LogP contribution < -0.4 is 20.1 Å². The molecule has 4 amide bonds. The molecule has 2 fully saturated rings. The predicted molar refractivity (Wildman–Crippen MR) is 203 cm³/mol. The molecule has 0 unspecified atom stereocenters. The van der Waals surface area contributed by atoms with Crippen molar-refractivity contribution in [3.05, 3.63) is 46.6 Å². The normalized spacial score (nSPS) is 29.6. The third kappa shape index (κ3) is 8.17. The molecule has 4 heterocycles. The Morgan fingerprint density at radius 3 is 2.65 bits per heavy atom. The van der Waals surface area contributed by atoms with Crippen molar-refractivity contribution in [2.45, 2.75) is 140 Å². The minimum absolute atomic E-state index is 0.00699. The van der Waals surface area contributed by atoms with E-state index >= 15 is 0 Å². The van der Waals surface area contributed by atoms with E-state index in [1.807, 2.05) is 38.1 Å². The number of aryl methyl sites for hydroxylation is 2. The highest BCUT2D eigenvalue weighted by Gasteiger charge is 2.54. The number of carbonyl (C=O) groups excluding carboxylic acids is 4. The fourth-order valence-corrected chi connectivity index (χ4v) is 8.52. The highest BCUT2D eigenvalue weighted by atomic mass is 35.5. The van der Waals surface area contributed by atoms with Crippen LogP contribution in [0.1, 0.15) is 104 Å². The predicted octanol–water partition coefficient (Wildman–Crippen LogP) is 6.71. The molecule has 0 bridgehead atoms. The Bertz CT molecular complexity index is 1770. The van der Waals surface area contributed by atoms with Crippen LogP contribution >= 0.6 is 23.5 Å². The lowest BCUT2D eigenvalue weighted by Crippen LogP contribution is -2.63. The first-order valence-corrected chi connectivity index (χ1v) is 19.8. The van der Waals surface area contributed by atoms with E-state index in [9.17, 15) is 19.2 Å². The van der Waals surface area contributed by atoms with Gasteiger partial charge in [0.25, 0.3) is 5.91 Å². The zero-order valence-corrected chi connectivity index (χ0v) is 32.7. The number of nitrogens with zero attached hydrogens (tertiary/aromatic N) is 2. The first-order chi connectivity index (χ1) is 24.6. The number of aromatic nitrogens is 1.